The van der Waals surface area contributed by atoms with E-state index in [0.717, 1.165) is 15.0 Å². The van der Waals surface area contributed by atoms with Gasteiger partial charge in [-0.1, -0.05) is 18.2 Å². The minimum Gasteiger partial charge on any atom is -0.386 e. The van der Waals surface area contributed by atoms with E-state index >= 15 is 0 Å². The molecule has 22 heavy (non-hydrogen) atoms. The molecule has 2 atom stereocenters. The number of aliphatic hydroxyl groups is 1. The summed E-state index contributed by atoms with van der Waals surface area (Å²) in [5.41, 5.74) is 0. The van der Waals surface area contributed by atoms with Crippen molar-refractivity contribution in [1.29, 1.82) is 0 Å². The molecule has 1 aliphatic heterocycles. The SMILES string of the molecule is O=C(NCC(O)c1cc2ccccc2s1)C1CC(F)(F)CN1. The van der Waals surface area contributed by atoms with E-state index in [9.17, 15) is 18.7 Å². The fourth-order valence-corrected chi connectivity index (χ4v) is 3.54. The molecular weight excluding hydrogens is 310 g/mol. The summed E-state index contributed by atoms with van der Waals surface area (Å²) in [4.78, 5) is 12.6. The molecule has 0 aliphatic carbocycles. The molecule has 2 heterocycles. The summed E-state index contributed by atoms with van der Waals surface area (Å²) >= 11 is 1.45. The Kier molecular flexibility index (Phi) is 4.12. The molecule has 0 radical (unpaired) electrons. The largest absolute Gasteiger partial charge is 0.386 e. The second-order valence-corrected chi connectivity index (χ2v) is 6.56. The van der Waals surface area contributed by atoms with Gasteiger partial charge in [0.25, 0.3) is 5.92 Å². The Hall–Kier alpha value is -1.57. The van der Waals surface area contributed by atoms with Crippen LogP contribution in [0, 0.1) is 0 Å². The molecular formula is C15H16F2N2O2S. The van der Waals surface area contributed by atoms with E-state index in [2.05, 4.69) is 10.6 Å². The topological polar surface area (TPSA) is 61.4 Å². The fraction of sp³-hybridized carbons (Fsp3) is 0.400. The predicted octanol–water partition coefficient (Wildman–Crippen LogP) is 2.05. The highest BCUT2D eigenvalue weighted by Gasteiger charge is 2.42. The molecule has 1 fully saturated rings. The van der Waals surface area contributed by atoms with Crippen molar-refractivity contribution in [2.75, 3.05) is 13.1 Å². The third kappa shape index (κ3) is 3.26. The first-order chi connectivity index (χ1) is 10.4. The van der Waals surface area contributed by atoms with Gasteiger partial charge >= 0.3 is 0 Å². The average Bonchev–Trinajstić information content (AvgIpc) is 3.07. The smallest absolute Gasteiger partial charge is 0.262 e. The second-order valence-electron chi connectivity index (χ2n) is 5.44. The molecule has 1 aromatic heterocycles. The highest BCUT2D eigenvalue weighted by atomic mass is 32.1. The minimum atomic E-state index is -2.84. The summed E-state index contributed by atoms with van der Waals surface area (Å²) < 4.78 is 27.1. The van der Waals surface area contributed by atoms with E-state index in [0.29, 0.717) is 0 Å². The molecule has 0 saturated carbocycles. The first kappa shape index (κ1) is 15.3. The summed E-state index contributed by atoms with van der Waals surface area (Å²) in [5.74, 6) is -3.34. The third-order valence-corrected chi connectivity index (χ3v) is 4.89. The van der Waals surface area contributed by atoms with Crippen LogP contribution in [-0.4, -0.2) is 36.1 Å². The second kappa shape index (κ2) is 5.91. The lowest BCUT2D eigenvalue weighted by Crippen LogP contribution is -2.41. The molecule has 3 rings (SSSR count). The molecule has 1 aliphatic rings. The van der Waals surface area contributed by atoms with Crippen molar-refractivity contribution in [3.63, 3.8) is 0 Å². The zero-order chi connectivity index (χ0) is 15.7. The number of hydrogen-bond donors (Lipinski definition) is 3. The molecule has 1 saturated heterocycles. The normalized spacial score (nSPS) is 21.9. The van der Waals surface area contributed by atoms with Gasteiger partial charge in [0.05, 0.1) is 12.6 Å². The molecule has 3 N–H and O–H groups in total. The summed E-state index contributed by atoms with van der Waals surface area (Å²) in [5, 5.41) is 16.2. The lowest BCUT2D eigenvalue weighted by Gasteiger charge is -2.13. The highest BCUT2D eigenvalue weighted by Crippen LogP contribution is 2.29. The van der Waals surface area contributed by atoms with Gasteiger partial charge in [0, 0.05) is 22.5 Å². The molecule has 0 bridgehead atoms. The summed E-state index contributed by atoms with van der Waals surface area (Å²) in [6.45, 7) is -0.473. The predicted molar refractivity (Wildman–Crippen MR) is 81.1 cm³/mol. The monoisotopic (exact) mass is 326 g/mol. The first-order valence-corrected chi connectivity index (χ1v) is 7.82. The number of amides is 1. The first-order valence-electron chi connectivity index (χ1n) is 7.00. The van der Waals surface area contributed by atoms with Crippen molar-refractivity contribution in [2.24, 2.45) is 0 Å². The van der Waals surface area contributed by atoms with Crippen LogP contribution < -0.4 is 10.6 Å². The van der Waals surface area contributed by atoms with E-state index in [1.54, 1.807) is 0 Å². The number of carbonyl (C=O) groups is 1. The lowest BCUT2D eigenvalue weighted by atomic mass is 10.1. The summed E-state index contributed by atoms with van der Waals surface area (Å²) in [6, 6.07) is 8.72. The van der Waals surface area contributed by atoms with E-state index in [4.69, 9.17) is 0 Å². The number of rotatable bonds is 4. The van der Waals surface area contributed by atoms with Crippen LogP contribution in [-0.2, 0) is 4.79 Å². The number of aliphatic hydroxyl groups excluding tert-OH is 1. The van der Waals surface area contributed by atoms with Crippen LogP contribution in [0.25, 0.3) is 10.1 Å². The van der Waals surface area contributed by atoms with Gasteiger partial charge in [-0.05, 0) is 17.5 Å². The van der Waals surface area contributed by atoms with Gasteiger partial charge in [0.2, 0.25) is 5.91 Å². The minimum absolute atomic E-state index is 0.00933. The van der Waals surface area contributed by atoms with Crippen molar-refractivity contribution in [3.05, 3.63) is 35.2 Å². The zero-order valence-corrected chi connectivity index (χ0v) is 12.5. The molecule has 4 nitrogen and oxygen atoms in total. The van der Waals surface area contributed by atoms with Gasteiger partial charge in [-0.3, -0.25) is 10.1 Å². The number of thiophene rings is 1. The molecule has 2 aromatic rings. The molecule has 7 heteroatoms. The number of benzene rings is 1. The highest BCUT2D eigenvalue weighted by molar-refractivity contribution is 7.19. The van der Waals surface area contributed by atoms with Gasteiger partial charge in [-0.15, -0.1) is 11.3 Å². The summed E-state index contributed by atoms with van der Waals surface area (Å²) in [6.07, 6.45) is -1.35. The number of nitrogens with one attached hydrogen (secondary N) is 2. The van der Waals surface area contributed by atoms with Gasteiger partial charge in [-0.25, -0.2) is 8.78 Å². The van der Waals surface area contributed by atoms with E-state index in [1.165, 1.54) is 11.3 Å². The van der Waals surface area contributed by atoms with E-state index < -0.39 is 36.9 Å². The lowest BCUT2D eigenvalue weighted by molar-refractivity contribution is -0.123. The Bertz CT molecular complexity index is 656. The molecule has 0 spiro atoms. The van der Waals surface area contributed by atoms with Gasteiger partial charge in [-0.2, -0.15) is 0 Å². The van der Waals surface area contributed by atoms with E-state index in [-0.39, 0.29) is 6.54 Å². The Morgan fingerprint density at radius 3 is 2.95 bits per heavy atom. The van der Waals surface area contributed by atoms with E-state index in [1.807, 2.05) is 30.3 Å². The Labute approximate surface area is 130 Å². The number of fused-ring (bicyclic) bond motifs is 1. The standard InChI is InChI=1S/C15H16F2N2O2S/c16-15(17)6-10(19-8-15)14(21)18-7-11(20)13-5-9-3-1-2-4-12(9)22-13/h1-5,10-11,19-20H,6-8H2,(H,18,21). The van der Waals surface area contributed by atoms with Crippen LogP contribution in [0.3, 0.4) is 0 Å². The number of hydrogen-bond acceptors (Lipinski definition) is 4. The van der Waals surface area contributed by atoms with Crippen molar-refractivity contribution in [3.8, 4) is 0 Å². The summed E-state index contributed by atoms with van der Waals surface area (Å²) in [7, 11) is 0. The maximum absolute atomic E-state index is 13.0. The molecule has 2 unspecified atom stereocenters. The Morgan fingerprint density at radius 1 is 1.50 bits per heavy atom. The quantitative estimate of drug-likeness (QED) is 0.806. The van der Waals surface area contributed by atoms with Crippen molar-refractivity contribution in [2.45, 2.75) is 24.5 Å². The van der Waals surface area contributed by atoms with Crippen molar-refractivity contribution < 1.29 is 18.7 Å². The number of halogens is 2. The van der Waals surface area contributed by atoms with Crippen molar-refractivity contribution in [1.82, 2.24) is 10.6 Å². The maximum atomic E-state index is 13.0. The van der Waals surface area contributed by atoms with Gasteiger partial charge in [0.15, 0.2) is 0 Å². The third-order valence-electron chi connectivity index (χ3n) is 3.67. The average molecular weight is 326 g/mol. The van der Waals surface area contributed by atoms with Crippen LogP contribution in [0.2, 0.25) is 0 Å². The Balaban J connectivity index is 1.58. The molecule has 118 valence electrons. The molecule has 1 aromatic carbocycles. The van der Waals surface area contributed by atoms with Gasteiger partial charge < -0.3 is 10.4 Å². The van der Waals surface area contributed by atoms with Crippen LogP contribution in [0.4, 0.5) is 8.78 Å². The van der Waals surface area contributed by atoms with Crippen LogP contribution >= 0.6 is 11.3 Å². The Morgan fingerprint density at radius 2 is 2.27 bits per heavy atom. The number of carbonyl (C=O) groups excluding carboxylic acids is 1. The van der Waals surface area contributed by atoms with Crippen LogP contribution in [0.5, 0.6) is 0 Å². The maximum Gasteiger partial charge on any atom is 0.262 e. The van der Waals surface area contributed by atoms with Crippen LogP contribution in [0.15, 0.2) is 30.3 Å². The van der Waals surface area contributed by atoms with Crippen LogP contribution in [0.1, 0.15) is 17.4 Å². The van der Waals surface area contributed by atoms with Crippen molar-refractivity contribution >= 4 is 27.3 Å². The molecule has 1 amide bonds. The van der Waals surface area contributed by atoms with Gasteiger partial charge in [0.1, 0.15) is 6.10 Å². The zero-order valence-electron chi connectivity index (χ0n) is 11.7. The fourth-order valence-electron chi connectivity index (χ4n) is 2.49. The number of alkyl halides is 2.